The Morgan fingerprint density at radius 2 is 1.94 bits per heavy atom. The summed E-state index contributed by atoms with van der Waals surface area (Å²) >= 11 is 2.27. The molecule has 0 atom stereocenters. The molecule has 1 aromatic carbocycles. The maximum absolute atomic E-state index is 5.63. The molecule has 1 heterocycles. The normalized spacial score (nSPS) is 11.1. The van der Waals surface area contributed by atoms with Gasteiger partial charge in [-0.3, -0.25) is 0 Å². The summed E-state index contributed by atoms with van der Waals surface area (Å²) in [5.74, 6) is 1.27. The van der Waals surface area contributed by atoms with Gasteiger partial charge in [0.2, 0.25) is 11.8 Å². The summed E-state index contributed by atoms with van der Waals surface area (Å²) in [6.45, 7) is 5.08. The number of rotatable bonds is 5. The van der Waals surface area contributed by atoms with E-state index in [0.29, 0.717) is 17.8 Å². The van der Waals surface area contributed by atoms with Crippen molar-refractivity contribution in [1.82, 2.24) is 15.5 Å². The van der Waals surface area contributed by atoms with Crippen LogP contribution in [0.25, 0.3) is 11.5 Å². The molecule has 96 valence electrons. The SMILES string of the molecule is CC(C)NCCc1nnc(-c2ccc(I)cc2)o1. The number of halogens is 1. The summed E-state index contributed by atoms with van der Waals surface area (Å²) in [7, 11) is 0. The summed E-state index contributed by atoms with van der Waals surface area (Å²) < 4.78 is 6.82. The molecule has 0 saturated heterocycles. The van der Waals surface area contributed by atoms with Gasteiger partial charge in [-0.05, 0) is 46.9 Å². The molecular formula is C13H16IN3O. The van der Waals surface area contributed by atoms with Crippen LogP contribution >= 0.6 is 22.6 Å². The zero-order valence-electron chi connectivity index (χ0n) is 10.5. The third-order valence-electron chi connectivity index (χ3n) is 2.45. The monoisotopic (exact) mass is 357 g/mol. The van der Waals surface area contributed by atoms with Crippen LogP contribution in [-0.4, -0.2) is 22.8 Å². The first-order chi connectivity index (χ1) is 8.65. The van der Waals surface area contributed by atoms with E-state index in [1.165, 1.54) is 3.57 Å². The van der Waals surface area contributed by atoms with Gasteiger partial charge in [-0.1, -0.05) is 13.8 Å². The fourth-order valence-corrected chi connectivity index (χ4v) is 1.89. The van der Waals surface area contributed by atoms with E-state index in [9.17, 15) is 0 Å². The lowest BCUT2D eigenvalue weighted by Gasteiger charge is -2.04. The lowest BCUT2D eigenvalue weighted by Crippen LogP contribution is -2.25. The molecule has 5 heteroatoms. The summed E-state index contributed by atoms with van der Waals surface area (Å²) in [6.07, 6.45) is 0.759. The molecule has 1 N–H and O–H groups in total. The zero-order chi connectivity index (χ0) is 13.0. The molecule has 0 spiro atoms. The highest BCUT2D eigenvalue weighted by Gasteiger charge is 2.08. The molecule has 2 rings (SSSR count). The largest absolute Gasteiger partial charge is 0.421 e. The van der Waals surface area contributed by atoms with Gasteiger partial charge in [-0.15, -0.1) is 10.2 Å². The minimum Gasteiger partial charge on any atom is -0.421 e. The van der Waals surface area contributed by atoms with Gasteiger partial charge in [0.25, 0.3) is 0 Å². The fourth-order valence-electron chi connectivity index (χ4n) is 1.53. The van der Waals surface area contributed by atoms with Crippen LogP contribution in [0, 0.1) is 3.57 Å². The number of nitrogens with zero attached hydrogens (tertiary/aromatic N) is 2. The number of hydrogen-bond donors (Lipinski definition) is 1. The van der Waals surface area contributed by atoms with Crippen molar-refractivity contribution < 1.29 is 4.42 Å². The van der Waals surface area contributed by atoms with Gasteiger partial charge < -0.3 is 9.73 Å². The smallest absolute Gasteiger partial charge is 0.247 e. The Kier molecular flexibility index (Phi) is 4.71. The number of aromatic nitrogens is 2. The van der Waals surface area contributed by atoms with Crippen LogP contribution in [0.2, 0.25) is 0 Å². The second kappa shape index (κ2) is 6.29. The molecule has 0 aliphatic carbocycles. The second-order valence-electron chi connectivity index (χ2n) is 4.37. The Morgan fingerprint density at radius 1 is 1.22 bits per heavy atom. The molecular weight excluding hydrogens is 341 g/mol. The van der Waals surface area contributed by atoms with Gasteiger partial charge in [0.05, 0.1) is 0 Å². The lowest BCUT2D eigenvalue weighted by atomic mass is 10.2. The average Bonchev–Trinajstić information content (AvgIpc) is 2.78. The maximum Gasteiger partial charge on any atom is 0.247 e. The topological polar surface area (TPSA) is 51.0 Å². The van der Waals surface area contributed by atoms with E-state index < -0.39 is 0 Å². The highest BCUT2D eigenvalue weighted by Crippen LogP contribution is 2.19. The number of hydrogen-bond acceptors (Lipinski definition) is 4. The maximum atomic E-state index is 5.63. The van der Waals surface area contributed by atoms with Crippen molar-refractivity contribution in [3.8, 4) is 11.5 Å². The van der Waals surface area contributed by atoms with Crippen molar-refractivity contribution in [3.05, 3.63) is 33.7 Å². The van der Waals surface area contributed by atoms with Crippen LogP contribution in [0.1, 0.15) is 19.7 Å². The summed E-state index contributed by atoms with van der Waals surface area (Å²) in [4.78, 5) is 0. The summed E-state index contributed by atoms with van der Waals surface area (Å²) in [5, 5.41) is 11.4. The Bertz CT molecular complexity index is 493. The van der Waals surface area contributed by atoms with Gasteiger partial charge in [-0.2, -0.15) is 0 Å². The molecule has 0 unspecified atom stereocenters. The van der Waals surface area contributed by atoms with Gasteiger partial charge in [0.1, 0.15) is 0 Å². The van der Waals surface area contributed by atoms with Crippen molar-refractivity contribution in [2.24, 2.45) is 0 Å². The molecule has 0 bridgehead atoms. The van der Waals surface area contributed by atoms with Crippen LogP contribution in [0.15, 0.2) is 28.7 Å². The van der Waals surface area contributed by atoms with E-state index in [4.69, 9.17) is 4.42 Å². The average molecular weight is 357 g/mol. The Morgan fingerprint density at radius 3 is 2.61 bits per heavy atom. The van der Waals surface area contributed by atoms with Crippen LogP contribution in [0.3, 0.4) is 0 Å². The second-order valence-corrected chi connectivity index (χ2v) is 5.61. The fraction of sp³-hybridized carbons (Fsp3) is 0.385. The third kappa shape index (κ3) is 3.78. The molecule has 0 fully saturated rings. The number of nitrogens with one attached hydrogen (secondary N) is 1. The Balaban J connectivity index is 1.99. The molecule has 0 radical (unpaired) electrons. The highest BCUT2D eigenvalue weighted by molar-refractivity contribution is 14.1. The highest BCUT2D eigenvalue weighted by atomic mass is 127. The quantitative estimate of drug-likeness (QED) is 0.837. The molecule has 0 aliphatic rings. The number of benzene rings is 1. The van der Waals surface area contributed by atoms with E-state index >= 15 is 0 Å². The molecule has 0 amide bonds. The molecule has 1 aromatic heterocycles. The molecule has 0 aliphatic heterocycles. The van der Waals surface area contributed by atoms with E-state index in [0.717, 1.165) is 18.5 Å². The third-order valence-corrected chi connectivity index (χ3v) is 3.17. The van der Waals surface area contributed by atoms with Gasteiger partial charge in [0, 0.05) is 28.1 Å². The van der Waals surface area contributed by atoms with Crippen molar-refractivity contribution in [2.45, 2.75) is 26.3 Å². The lowest BCUT2D eigenvalue weighted by molar-refractivity contribution is 0.484. The van der Waals surface area contributed by atoms with Crippen molar-refractivity contribution in [1.29, 1.82) is 0 Å². The Hall–Kier alpha value is -0.950. The molecule has 0 saturated carbocycles. The van der Waals surface area contributed by atoms with E-state index in [-0.39, 0.29) is 0 Å². The molecule has 18 heavy (non-hydrogen) atoms. The Labute approximate surface area is 120 Å². The van der Waals surface area contributed by atoms with Crippen LogP contribution in [0.4, 0.5) is 0 Å². The van der Waals surface area contributed by atoms with Crippen molar-refractivity contribution >= 4 is 22.6 Å². The summed E-state index contributed by atoms with van der Waals surface area (Å²) in [6, 6.07) is 8.51. The zero-order valence-corrected chi connectivity index (χ0v) is 12.6. The first-order valence-corrected chi connectivity index (χ1v) is 7.05. The first kappa shape index (κ1) is 13.5. The minimum absolute atomic E-state index is 0.476. The van der Waals surface area contributed by atoms with E-state index in [2.05, 4.69) is 52.0 Å². The van der Waals surface area contributed by atoms with Crippen LogP contribution in [-0.2, 0) is 6.42 Å². The molecule has 4 nitrogen and oxygen atoms in total. The van der Waals surface area contributed by atoms with E-state index in [1.807, 2.05) is 24.3 Å². The standard InChI is InChI=1S/C13H16IN3O/c1-9(2)15-8-7-12-16-17-13(18-12)10-3-5-11(14)6-4-10/h3-6,9,15H,7-8H2,1-2H3. The van der Waals surface area contributed by atoms with E-state index in [1.54, 1.807) is 0 Å². The minimum atomic E-state index is 0.476. The predicted molar refractivity (Wildman–Crippen MR) is 79.3 cm³/mol. The van der Waals surface area contributed by atoms with Crippen LogP contribution < -0.4 is 5.32 Å². The predicted octanol–water partition coefficient (Wildman–Crippen LogP) is 2.88. The summed E-state index contributed by atoms with van der Waals surface area (Å²) in [5.41, 5.74) is 0.964. The van der Waals surface area contributed by atoms with Crippen molar-refractivity contribution in [3.63, 3.8) is 0 Å². The van der Waals surface area contributed by atoms with Gasteiger partial charge in [-0.25, -0.2) is 0 Å². The van der Waals surface area contributed by atoms with Gasteiger partial charge >= 0.3 is 0 Å². The van der Waals surface area contributed by atoms with Crippen LogP contribution in [0.5, 0.6) is 0 Å². The first-order valence-electron chi connectivity index (χ1n) is 5.97. The molecule has 2 aromatic rings. The van der Waals surface area contributed by atoms with Gasteiger partial charge in [0.15, 0.2) is 0 Å². The van der Waals surface area contributed by atoms with Crippen molar-refractivity contribution in [2.75, 3.05) is 6.54 Å².